The van der Waals surface area contributed by atoms with Crippen LogP contribution in [0, 0.1) is 0 Å². The lowest BCUT2D eigenvalue weighted by Crippen LogP contribution is -2.34. The third-order valence-corrected chi connectivity index (χ3v) is 4.76. The summed E-state index contributed by atoms with van der Waals surface area (Å²) in [5.74, 6) is 1.09. The molecule has 4 heteroatoms. The molecule has 0 aliphatic rings. The van der Waals surface area contributed by atoms with E-state index in [0.717, 1.165) is 18.7 Å². The molecule has 1 N–H and O–H groups in total. The van der Waals surface area contributed by atoms with Crippen LogP contribution in [0.4, 0.5) is 0 Å². The Bertz CT molecular complexity index is 442. The van der Waals surface area contributed by atoms with Gasteiger partial charge in [0.15, 0.2) is 0 Å². The Morgan fingerprint density at radius 2 is 2.16 bits per heavy atom. The van der Waals surface area contributed by atoms with E-state index in [9.17, 15) is 0 Å². The Morgan fingerprint density at radius 1 is 1.32 bits per heavy atom. The molecule has 0 aliphatic carbocycles. The zero-order chi connectivity index (χ0) is 13.3. The van der Waals surface area contributed by atoms with E-state index < -0.39 is 0 Å². The molecule has 2 rings (SSSR count). The van der Waals surface area contributed by atoms with Crippen LogP contribution in [0.15, 0.2) is 46.8 Å². The summed E-state index contributed by atoms with van der Waals surface area (Å²) in [5, 5.41) is 6.90. The Kier molecular flexibility index (Phi) is 6.41. The molecule has 1 aromatic heterocycles. The first-order chi connectivity index (χ1) is 9.38. The summed E-state index contributed by atoms with van der Waals surface area (Å²) in [4.78, 5) is 5.73. The number of aromatic nitrogens is 1. The van der Waals surface area contributed by atoms with Crippen molar-refractivity contribution in [2.45, 2.75) is 30.7 Å². The van der Waals surface area contributed by atoms with Gasteiger partial charge in [0.1, 0.15) is 0 Å². The topological polar surface area (TPSA) is 24.9 Å². The van der Waals surface area contributed by atoms with Crippen LogP contribution in [0.5, 0.6) is 0 Å². The van der Waals surface area contributed by atoms with Gasteiger partial charge in [-0.3, -0.25) is 0 Å². The van der Waals surface area contributed by atoms with Gasteiger partial charge in [0.25, 0.3) is 0 Å². The fourth-order valence-electron chi connectivity index (χ4n) is 1.82. The van der Waals surface area contributed by atoms with Crippen LogP contribution in [0.3, 0.4) is 0 Å². The minimum atomic E-state index is 0.497. The van der Waals surface area contributed by atoms with Gasteiger partial charge in [0.2, 0.25) is 0 Å². The maximum absolute atomic E-state index is 4.39. The van der Waals surface area contributed by atoms with E-state index in [0.29, 0.717) is 6.04 Å². The summed E-state index contributed by atoms with van der Waals surface area (Å²) in [6, 6.07) is 11.1. The maximum atomic E-state index is 4.39. The van der Waals surface area contributed by atoms with Crippen LogP contribution in [0.2, 0.25) is 0 Å². The highest BCUT2D eigenvalue weighted by Crippen LogP contribution is 2.19. The van der Waals surface area contributed by atoms with E-state index in [1.165, 1.54) is 16.3 Å². The van der Waals surface area contributed by atoms with Gasteiger partial charge in [0.05, 0.1) is 5.01 Å². The predicted molar refractivity (Wildman–Crippen MR) is 85.1 cm³/mol. The molecule has 102 valence electrons. The minimum Gasteiger partial charge on any atom is -0.313 e. The average molecular weight is 292 g/mol. The van der Waals surface area contributed by atoms with Gasteiger partial charge in [-0.1, -0.05) is 25.1 Å². The van der Waals surface area contributed by atoms with Crippen LogP contribution in [-0.2, 0) is 6.42 Å². The van der Waals surface area contributed by atoms with Crippen molar-refractivity contribution in [1.29, 1.82) is 0 Å². The highest BCUT2D eigenvalue weighted by molar-refractivity contribution is 7.99. The van der Waals surface area contributed by atoms with Crippen molar-refractivity contribution in [3.05, 3.63) is 46.9 Å². The summed E-state index contributed by atoms with van der Waals surface area (Å²) >= 11 is 3.66. The van der Waals surface area contributed by atoms with Crippen LogP contribution < -0.4 is 5.32 Å². The lowest BCUT2D eigenvalue weighted by molar-refractivity contribution is 0.549. The average Bonchev–Trinajstić information content (AvgIpc) is 2.96. The normalized spacial score (nSPS) is 12.5. The molecule has 1 aromatic carbocycles. The second-order valence-corrected chi connectivity index (χ2v) is 6.48. The zero-order valence-electron chi connectivity index (χ0n) is 11.2. The van der Waals surface area contributed by atoms with Gasteiger partial charge in [0, 0.05) is 34.7 Å². The van der Waals surface area contributed by atoms with E-state index in [1.807, 2.05) is 18.0 Å². The first-order valence-corrected chi connectivity index (χ1v) is 8.54. The van der Waals surface area contributed by atoms with E-state index in [-0.39, 0.29) is 0 Å². The second-order valence-electron chi connectivity index (χ2n) is 4.41. The summed E-state index contributed by atoms with van der Waals surface area (Å²) in [7, 11) is 0. The zero-order valence-corrected chi connectivity index (χ0v) is 12.8. The molecule has 0 saturated heterocycles. The number of thioether (sulfide) groups is 1. The SMILES string of the molecule is CCCNC(CSc1ccccc1)Cc1nccs1. The third kappa shape index (κ3) is 5.35. The molecule has 0 bridgehead atoms. The highest BCUT2D eigenvalue weighted by atomic mass is 32.2. The molecule has 0 saturated carbocycles. The van der Waals surface area contributed by atoms with Crippen molar-refractivity contribution in [2.24, 2.45) is 0 Å². The molecule has 0 amide bonds. The van der Waals surface area contributed by atoms with Crippen LogP contribution in [-0.4, -0.2) is 23.3 Å². The van der Waals surface area contributed by atoms with Crippen molar-refractivity contribution >= 4 is 23.1 Å². The van der Waals surface area contributed by atoms with Gasteiger partial charge < -0.3 is 5.32 Å². The number of thiazole rings is 1. The molecule has 2 nitrogen and oxygen atoms in total. The number of benzene rings is 1. The highest BCUT2D eigenvalue weighted by Gasteiger charge is 2.11. The first-order valence-electron chi connectivity index (χ1n) is 6.68. The van der Waals surface area contributed by atoms with Crippen LogP contribution >= 0.6 is 23.1 Å². The van der Waals surface area contributed by atoms with Crippen molar-refractivity contribution < 1.29 is 0 Å². The Hall–Kier alpha value is -0.840. The number of hydrogen-bond donors (Lipinski definition) is 1. The number of nitrogens with zero attached hydrogens (tertiary/aromatic N) is 1. The monoisotopic (exact) mass is 292 g/mol. The lowest BCUT2D eigenvalue weighted by Gasteiger charge is -2.17. The third-order valence-electron chi connectivity index (χ3n) is 2.78. The van der Waals surface area contributed by atoms with Gasteiger partial charge in [-0.05, 0) is 25.1 Å². The molecular formula is C15H20N2S2. The van der Waals surface area contributed by atoms with Crippen molar-refractivity contribution in [1.82, 2.24) is 10.3 Å². The van der Waals surface area contributed by atoms with Crippen molar-refractivity contribution in [3.8, 4) is 0 Å². The summed E-state index contributed by atoms with van der Waals surface area (Å²) in [5.41, 5.74) is 0. The lowest BCUT2D eigenvalue weighted by atomic mass is 10.2. The predicted octanol–water partition coefficient (Wildman–Crippen LogP) is 3.85. The number of rotatable bonds is 8. The van der Waals surface area contributed by atoms with Gasteiger partial charge >= 0.3 is 0 Å². The molecular weight excluding hydrogens is 272 g/mol. The van der Waals surface area contributed by atoms with Crippen LogP contribution in [0.1, 0.15) is 18.4 Å². The number of nitrogens with one attached hydrogen (secondary N) is 1. The summed E-state index contributed by atoms with van der Waals surface area (Å²) < 4.78 is 0. The molecule has 2 aromatic rings. The minimum absolute atomic E-state index is 0.497. The summed E-state index contributed by atoms with van der Waals surface area (Å²) in [6.07, 6.45) is 4.09. The van der Waals surface area contributed by atoms with Gasteiger partial charge in [-0.15, -0.1) is 23.1 Å². The molecule has 0 fully saturated rings. The van der Waals surface area contributed by atoms with E-state index >= 15 is 0 Å². The van der Waals surface area contributed by atoms with Gasteiger partial charge in [-0.2, -0.15) is 0 Å². The van der Waals surface area contributed by atoms with E-state index in [1.54, 1.807) is 11.3 Å². The molecule has 0 aliphatic heterocycles. The Balaban J connectivity index is 1.86. The molecule has 1 heterocycles. The second kappa shape index (κ2) is 8.35. The van der Waals surface area contributed by atoms with Gasteiger partial charge in [-0.25, -0.2) is 4.98 Å². The fourth-order valence-corrected chi connectivity index (χ4v) is 3.49. The Labute approximate surface area is 123 Å². The van der Waals surface area contributed by atoms with Crippen molar-refractivity contribution in [3.63, 3.8) is 0 Å². The molecule has 0 radical (unpaired) electrons. The van der Waals surface area contributed by atoms with E-state index in [2.05, 4.69) is 52.9 Å². The van der Waals surface area contributed by atoms with Crippen LogP contribution in [0.25, 0.3) is 0 Å². The fraction of sp³-hybridized carbons (Fsp3) is 0.400. The van der Waals surface area contributed by atoms with E-state index in [4.69, 9.17) is 0 Å². The molecule has 1 atom stereocenters. The molecule has 1 unspecified atom stereocenters. The first kappa shape index (κ1) is 14.6. The largest absolute Gasteiger partial charge is 0.313 e. The molecule has 0 spiro atoms. The van der Waals surface area contributed by atoms with Crippen molar-refractivity contribution in [2.75, 3.05) is 12.3 Å². The molecule has 19 heavy (non-hydrogen) atoms. The summed E-state index contributed by atoms with van der Waals surface area (Å²) in [6.45, 7) is 3.28. The maximum Gasteiger partial charge on any atom is 0.0940 e. The number of hydrogen-bond acceptors (Lipinski definition) is 4. The Morgan fingerprint density at radius 3 is 2.84 bits per heavy atom. The smallest absolute Gasteiger partial charge is 0.0940 e. The quantitative estimate of drug-likeness (QED) is 0.748. The standard InChI is InChI=1S/C15H20N2S2/c1-2-8-16-13(11-15-17-9-10-18-15)12-19-14-6-4-3-5-7-14/h3-7,9-10,13,16H,2,8,11-12H2,1H3.